The maximum Gasteiger partial charge on any atom is 0.347 e. The highest BCUT2D eigenvalue weighted by atomic mass is 32.1. The van der Waals surface area contributed by atoms with Gasteiger partial charge >= 0.3 is 11.9 Å². The first-order chi connectivity index (χ1) is 12.8. The molecule has 2 aromatic rings. The number of hydrogen-bond acceptors (Lipinski definition) is 7. The Morgan fingerprint density at radius 2 is 1.78 bits per heavy atom. The number of aliphatic hydroxyl groups excluding tert-OH is 1. The average Bonchev–Trinajstić information content (AvgIpc) is 3.02. The van der Waals surface area contributed by atoms with Crippen molar-refractivity contribution in [2.24, 2.45) is 0 Å². The molecule has 1 aromatic carbocycles. The number of hydrogen-bond donors (Lipinski definition) is 3. The number of carboxylic acids is 2. The average molecular weight is 395 g/mol. The molecule has 1 atom stereocenters. The van der Waals surface area contributed by atoms with Gasteiger partial charge in [-0.2, -0.15) is 0 Å². The third-order valence-corrected chi connectivity index (χ3v) is 5.19. The summed E-state index contributed by atoms with van der Waals surface area (Å²) in [5.41, 5.74) is 1.46. The van der Waals surface area contributed by atoms with Gasteiger partial charge in [-0.05, 0) is 31.0 Å². The van der Waals surface area contributed by atoms with E-state index in [2.05, 4.69) is 4.98 Å². The maximum absolute atomic E-state index is 11.2. The van der Waals surface area contributed by atoms with E-state index in [1.165, 1.54) is 14.2 Å². The first-order valence-corrected chi connectivity index (χ1v) is 8.92. The molecule has 0 amide bonds. The van der Waals surface area contributed by atoms with E-state index in [9.17, 15) is 19.8 Å². The van der Waals surface area contributed by atoms with E-state index in [4.69, 9.17) is 14.6 Å². The third kappa shape index (κ3) is 4.95. The number of benzene rings is 1. The lowest BCUT2D eigenvalue weighted by molar-refractivity contribution is -0.136. The van der Waals surface area contributed by atoms with Gasteiger partial charge in [0.05, 0.1) is 37.4 Å². The smallest absolute Gasteiger partial charge is 0.347 e. The van der Waals surface area contributed by atoms with Crippen LogP contribution in [-0.4, -0.2) is 46.5 Å². The van der Waals surface area contributed by atoms with Crippen molar-refractivity contribution < 1.29 is 34.4 Å². The number of nitrogens with zero attached hydrogens (tertiary/aromatic N) is 1. The zero-order chi connectivity index (χ0) is 20.1. The number of thiazole rings is 1. The highest BCUT2D eigenvalue weighted by Crippen LogP contribution is 2.33. The molecule has 0 unspecified atom stereocenters. The molecule has 3 N–H and O–H groups in total. The SMILES string of the molecule is COc1cc([C@@H](O)CCc2nc(CC(=O)O)c(C(=O)O)s2)cc(OC)c1C. The Kier molecular flexibility index (Phi) is 6.75. The van der Waals surface area contributed by atoms with Crippen molar-refractivity contribution in [2.45, 2.75) is 32.3 Å². The number of ether oxygens (including phenoxy) is 2. The van der Waals surface area contributed by atoms with Gasteiger partial charge < -0.3 is 24.8 Å². The van der Waals surface area contributed by atoms with Crippen LogP contribution in [0, 0.1) is 6.92 Å². The minimum absolute atomic E-state index is 0.0307. The van der Waals surface area contributed by atoms with E-state index in [1.54, 1.807) is 12.1 Å². The fourth-order valence-electron chi connectivity index (χ4n) is 2.66. The van der Waals surface area contributed by atoms with Crippen molar-refractivity contribution in [3.05, 3.63) is 38.8 Å². The summed E-state index contributed by atoms with van der Waals surface area (Å²) < 4.78 is 10.6. The number of methoxy groups -OCH3 is 2. The van der Waals surface area contributed by atoms with Crippen LogP contribution in [0.2, 0.25) is 0 Å². The largest absolute Gasteiger partial charge is 0.496 e. The lowest BCUT2D eigenvalue weighted by Crippen LogP contribution is -2.06. The van der Waals surface area contributed by atoms with Crippen molar-refractivity contribution >= 4 is 23.3 Å². The van der Waals surface area contributed by atoms with Gasteiger partial charge in [0.25, 0.3) is 0 Å². The topological polar surface area (TPSA) is 126 Å². The van der Waals surface area contributed by atoms with E-state index in [1.807, 2.05) is 6.92 Å². The molecule has 0 saturated heterocycles. The molecule has 0 radical (unpaired) electrons. The quantitative estimate of drug-likeness (QED) is 0.591. The second-order valence-corrected chi connectivity index (χ2v) is 6.95. The van der Waals surface area contributed by atoms with Crippen LogP contribution in [0.3, 0.4) is 0 Å². The molecule has 8 nitrogen and oxygen atoms in total. The molecule has 1 aromatic heterocycles. The van der Waals surface area contributed by atoms with Crippen LogP contribution >= 0.6 is 11.3 Å². The number of carboxylic acid groups (broad SMARTS) is 2. The van der Waals surface area contributed by atoms with Crippen LogP contribution in [0.25, 0.3) is 0 Å². The number of aryl methyl sites for hydroxylation is 1. The number of aromatic nitrogens is 1. The molecule has 0 fully saturated rings. The van der Waals surface area contributed by atoms with Gasteiger partial charge in [0.1, 0.15) is 16.4 Å². The highest BCUT2D eigenvalue weighted by Gasteiger charge is 2.20. The van der Waals surface area contributed by atoms with Crippen molar-refractivity contribution in [2.75, 3.05) is 14.2 Å². The lowest BCUT2D eigenvalue weighted by atomic mass is 10.0. The van der Waals surface area contributed by atoms with Crippen molar-refractivity contribution in [3.63, 3.8) is 0 Å². The Morgan fingerprint density at radius 3 is 2.26 bits per heavy atom. The van der Waals surface area contributed by atoms with Crippen LogP contribution in [0.1, 0.15) is 44.0 Å². The van der Waals surface area contributed by atoms with Gasteiger partial charge in [0.2, 0.25) is 0 Å². The zero-order valence-electron chi connectivity index (χ0n) is 15.2. The molecular weight excluding hydrogens is 374 g/mol. The monoisotopic (exact) mass is 395 g/mol. The van der Waals surface area contributed by atoms with E-state index in [0.717, 1.165) is 16.9 Å². The van der Waals surface area contributed by atoms with Crippen LogP contribution in [-0.2, 0) is 17.6 Å². The summed E-state index contributed by atoms with van der Waals surface area (Å²) in [6, 6.07) is 3.45. The summed E-state index contributed by atoms with van der Waals surface area (Å²) in [6.45, 7) is 1.85. The van der Waals surface area contributed by atoms with Gasteiger partial charge in [-0.1, -0.05) is 0 Å². The van der Waals surface area contributed by atoms with Gasteiger partial charge in [0.15, 0.2) is 0 Å². The van der Waals surface area contributed by atoms with Crippen LogP contribution < -0.4 is 9.47 Å². The molecule has 146 valence electrons. The Hall–Kier alpha value is -2.65. The van der Waals surface area contributed by atoms with Crippen molar-refractivity contribution in [1.82, 2.24) is 4.98 Å². The van der Waals surface area contributed by atoms with E-state index >= 15 is 0 Å². The normalized spacial score (nSPS) is 11.9. The molecule has 0 aliphatic heterocycles. The molecule has 0 saturated carbocycles. The number of aliphatic hydroxyl groups is 1. The molecule has 0 bridgehead atoms. The number of aromatic carboxylic acids is 1. The van der Waals surface area contributed by atoms with Gasteiger partial charge in [-0.25, -0.2) is 9.78 Å². The van der Waals surface area contributed by atoms with E-state index in [0.29, 0.717) is 28.5 Å². The second-order valence-electron chi connectivity index (χ2n) is 5.86. The van der Waals surface area contributed by atoms with Gasteiger partial charge in [-0.3, -0.25) is 4.79 Å². The summed E-state index contributed by atoms with van der Waals surface area (Å²) >= 11 is 0.930. The van der Waals surface area contributed by atoms with E-state index in [-0.39, 0.29) is 17.0 Å². The number of aliphatic carboxylic acids is 1. The Morgan fingerprint density at radius 1 is 1.19 bits per heavy atom. The molecule has 0 aliphatic rings. The molecule has 27 heavy (non-hydrogen) atoms. The van der Waals surface area contributed by atoms with Crippen LogP contribution in [0.15, 0.2) is 12.1 Å². The standard InChI is InChI=1S/C18H21NO7S/c1-9-13(25-2)6-10(7-14(9)26-3)12(20)4-5-15-19-11(8-16(21)22)17(27-15)18(23)24/h6-7,12,20H,4-5,8H2,1-3H3,(H,21,22)(H,23,24)/t12-/m0/s1. The summed E-state index contributed by atoms with van der Waals surface area (Å²) in [6.07, 6.45) is -0.695. The molecular formula is C18H21NO7S. The summed E-state index contributed by atoms with van der Waals surface area (Å²) in [4.78, 5) is 26.1. The predicted octanol–water partition coefficient (Wildman–Crippen LogP) is 2.46. The van der Waals surface area contributed by atoms with Crippen LogP contribution in [0.5, 0.6) is 11.5 Å². The second kappa shape index (κ2) is 8.83. The number of rotatable bonds is 9. The summed E-state index contributed by atoms with van der Waals surface area (Å²) in [7, 11) is 3.07. The minimum atomic E-state index is -1.21. The highest BCUT2D eigenvalue weighted by molar-refractivity contribution is 7.13. The first-order valence-electron chi connectivity index (χ1n) is 8.11. The van der Waals surface area contributed by atoms with Crippen molar-refractivity contribution in [1.29, 1.82) is 0 Å². The molecule has 1 heterocycles. The predicted molar refractivity (Wildman–Crippen MR) is 98.0 cm³/mol. The Balaban J connectivity index is 2.17. The van der Waals surface area contributed by atoms with Crippen molar-refractivity contribution in [3.8, 4) is 11.5 Å². The third-order valence-electron chi connectivity index (χ3n) is 4.05. The number of carbonyl (C=O) groups is 2. The zero-order valence-corrected chi connectivity index (χ0v) is 16.0. The first kappa shape index (κ1) is 20.7. The van der Waals surface area contributed by atoms with Gasteiger partial charge in [0, 0.05) is 12.0 Å². The van der Waals surface area contributed by atoms with E-state index < -0.39 is 24.5 Å². The fraction of sp³-hybridized carbons (Fsp3) is 0.389. The Bertz CT molecular complexity index is 821. The molecule has 0 spiro atoms. The fourth-order valence-corrected chi connectivity index (χ4v) is 3.60. The molecule has 0 aliphatic carbocycles. The minimum Gasteiger partial charge on any atom is -0.496 e. The summed E-state index contributed by atoms with van der Waals surface area (Å²) in [5, 5.41) is 29.0. The molecule has 9 heteroatoms. The summed E-state index contributed by atoms with van der Waals surface area (Å²) in [5.74, 6) is -1.17. The Labute approximate surface area is 160 Å². The molecule has 2 rings (SSSR count). The van der Waals surface area contributed by atoms with Gasteiger partial charge in [-0.15, -0.1) is 11.3 Å². The maximum atomic E-state index is 11.2. The lowest BCUT2D eigenvalue weighted by Gasteiger charge is -2.16. The van der Waals surface area contributed by atoms with Crippen LogP contribution in [0.4, 0.5) is 0 Å².